The van der Waals surface area contributed by atoms with Gasteiger partial charge in [-0.05, 0) is 38.3 Å². The predicted molar refractivity (Wildman–Crippen MR) is 83.7 cm³/mol. The summed E-state index contributed by atoms with van der Waals surface area (Å²) in [5.41, 5.74) is 0. The predicted octanol–water partition coefficient (Wildman–Crippen LogP) is 1.36. The molecule has 2 rings (SSSR count). The summed E-state index contributed by atoms with van der Waals surface area (Å²) in [6.07, 6.45) is 1.40. The summed E-state index contributed by atoms with van der Waals surface area (Å²) in [6.45, 7) is 5.82. The summed E-state index contributed by atoms with van der Waals surface area (Å²) in [7, 11) is -2.98. The molecule has 0 spiro atoms. The van der Waals surface area contributed by atoms with E-state index in [0.717, 1.165) is 19.5 Å². The van der Waals surface area contributed by atoms with E-state index in [-0.39, 0.29) is 16.3 Å². The topological polar surface area (TPSA) is 88.1 Å². The van der Waals surface area contributed by atoms with Gasteiger partial charge in [0.15, 0.2) is 9.84 Å². The van der Waals surface area contributed by atoms with Crippen LogP contribution < -0.4 is 10.2 Å². The Hall–Kier alpha value is -1.15. The molecule has 1 unspecified atom stereocenters. The van der Waals surface area contributed by atoms with Crippen LogP contribution in [0.2, 0.25) is 5.28 Å². The molecule has 0 radical (unpaired) electrons. The number of aromatic nitrogens is 3. The van der Waals surface area contributed by atoms with E-state index >= 15 is 0 Å². The smallest absolute Gasteiger partial charge is 0.231 e. The van der Waals surface area contributed by atoms with Crippen LogP contribution in [-0.4, -0.2) is 54.0 Å². The van der Waals surface area contributed by atoms with Crippen molar-refractivity contribution in [1.82, 2.24) is 15.0 Å². The summed E-state index contributed by atoms with van der Waals surface area (Å²) in [4.78, 5) is 14.3. The highest BCUT2D eigenvalue weighted by Crippen LogP contribution is 2.20. The average Bonchev–Trinajstić information content (AvgIpc) is 2.76. The highest BCUT2D eigenvalue weighted by atomic mass is 35.5. The third-order valence-corrected chi connectivity index (χ3v) is 6.04. The molecule has 1 N–H and O–H groups in total. The molecule has 1 saturated heterocycles. The lowest BCUT2D eigenvalue weighted by molar-refractivity contribution is 0.591. The Labute approximate surface area is 130 Å². The molecule has 118 valence electrons. The van der Waals surface area contributed by atoms with Gasteiger partial charge in [-0.25, -0.2) is 8.42 Å². The Kier molecular flexibility index (Phi) is 5.21. The van der Waals surface area contributed by atoms with Crippen molar-refractivity contribution in [3.8, 4) is 0 Å². The zero-order valence-electron chi connectivity index (χ0n) is 12.2. The lowest BCUT2D eigenvalue weighted by Gasteiger charge is -2.19. The summed E-state index contributed by atoms with van der Waals surface area (Å²) in [6, 6.07) is 0. The summed E-state index contributed by atoms with van der Waals surface area (Å²) < 4.78 is 23.6. The quantitative estimate of drug-likeness (QED) is 0.840. The monoisotopic (exact) mass is 333 g/mol. The van der Waals surface area contributed by atoms with Gasteiger partial charge in [0, 0.05) is 19.6 Å². The van der Waals surface area contributed by atoms with Gasteiger partial charge in [0.2, 0.25) is 17.2 Å². The van der Waals surface area contributed by atoms with Gasteiger partial charge in [0.05, 0.1) is 11.0 Å². The molecule has 1 aromatic rings. The second kappa shape index (κ2) is 6.74. The average molecular weight is 334 g/mol. The van der Waals surface area contributed by atoms with Crippen LogP contribution in [0.4, 0.5) is 11.9 Å². The summed E-state index contributed by atoms with van der Waals surface area (Å²) in [5.74, 6) is 1.08. The molecule has 1 aliphatic rings. The number of nitrogens with one attached hydrogen (secondary N) is 1. The zero-order valence-corrected chi connectivity index (χ0v) is 13.8. The number of halogens is 1. The Balaban J connectivity index is 2.10. The van der Waals surface area contributed by atoms with Crippen LogP contribution in [0.15, 0.2) is 0 Å². The first kappa shape index (κ1) is 16.2. The van der Waals surface area contributed by atoms with Crippen LogP contribution >= 0.6 is 11.6 Å². The first-order valence-corrected chi connectivity index (χ1v) is 9.17. The lowest BCUT2D eigenvalue weighted by Crippen LogP contribution is -2.27. The molecule has 1 aliphatic heterocycles. The van der Waals surface area contributed by atoms with Gasteiger partial charge in [-0.1, -0.05) is 0 Å². The van der Waals surface area contributed by atoms with Crippen LogP contribution in [0.5, 0.6) is 0 Å². The first-order valence-electron chi connectivity index (χ1n) is 7.08. The number of hydrogen-bond acceptors (Lipinski definition) is 7. The Morgan fingerprint density at radius 2 is 2.00 bits per heavy atom. The van der Waals surface area contributed by atoms with Gasteiger partial charge >= 0.3 is 0 Å². The number of rotatable bonds is 6. The molecule has 0 saturated carbocycles. The minimum atomic E-state index is -2.98. The second-order valence-electron chi connectivity index (χ2n) is 4.91. The largest absolute Gasteiger partial charge is 0.353 e. The molecule has 2 heterocycles. The molecular weight excluding hydrogens is 314 g/mol. The second-order valence-corrected chi connectivity index (χ2v) is 7.65. The van der Waals surface area contributed by atoms with Crippen molar-refractivity contribution in [1.29, 1.82) is 0 Å². The van der Waals surface area contributed by atoms with E-state index in [9.17, 15) is 8.42 Å². The van der Waals surface area contributed by atoms with Gasteiger partial charge in [0.25, 0.3) is 0 Å². The van der Waals surface area contributed by atoms with Gasteiger partial charge in [-0.2, -0.15) is 15.0 Å². The fourth-order valence-corrected chi connectivity index (χ4v) is 4.28. The molecule has 7 nitrogen and oxygen atoms in total. The van der Waals surface area contributed by atoms with Crippen molar-refractivity contribution < 1.29 is 8.42 Å². The Bertz CT molecular complexity index is 591. The molecule has 0 amide bonds. The molecule has 0 aliphatic carbocycles. The van der Waals surface area contributed by atoms with Crippen LogP contribution in [0.25, 0.3) is 0 Å². The molecule has 1 fully saturated rings. The molecule has 0 bridgehead atoms. The van der Waals surface area contributed by atoms with E-state index in [1.165, 1.54) is 0 Å². The van der Waals surface area contributed by atoms with Crippen molar-refractivity contribution in [2.24, 2.45) is 0 Å². The van der Waals surface area contributed by atoms with Crippen molar-refractivity contribution in [3.63, 3.8) is 0 Å². The van der Waals surface area contributed by atoms with E-state index in [0.29, 0.717) is 24.9 Å². The standard InChI is InChI=1S/C12H20ClN5O2S/c1-3-18(4-2)12-16-10(13)15-11(17-12)14-8-9-6-5-7-21(9,19)20/h9H,3-8H2,1-2H3,(H,14,15,16,17). The summed E-state index contributed by atoms with van der Waals surface area (Å²) in [5, 5.41) is 2.70. The van der Waals surface area contributed by atoms with E-state index in [1.807, 2.05) is 18.7 Å². The van der Waals surface area contributed by atoms with Crippen molar-refractivity contribution >= 4 is 33.3 Å². The Morgan fingerprint density at radius 3 is 2.57 bits per heavy atom. The number of anilines is 2. The van der Waals surface area contributed by atoms with Gasteiger partial charge in [-0.15, -0.1) is 0 Å². The highest BCUT2D eigenvalue weighted by Gasteiger charge is 2.31. The van der Waals surface area contributed by atoms with Crippen LogP contribution in [0.3, 0.4) is 0 Å². The van der Waals surface area contributed by atoms with Crippen LogP contribution in [0, 0.1) is 0 Å². The van der Waals surface area contributed by atoms with Crippen LogP contribution in [0.1, 0.15) is 26.7 Å². The van der Waals surface area contributed by atoms with E-state index in [2.05, 4.69) is 20.3 Å². The normalized spacial score (nSPS) is 20.4. The van der Waals surface area contributed by atoms with Crippen molar-refractivity contribution in [3.05, 3.63) is 5.28 Å². The van der Waals surface area contributed by atoms with E-state index in [4.69, 9.17) is 11.6 Å². The number of hydrogen-bond donors (Lipinski definition) is 1. The van der Waals surface area contributed by atoms with E-state index in [1.54, 1.807) is 0 Å². The van der Waals surface area contributed by atoms with Gasteiger partial charge < -0.3 is 10.2 Å². The minimum absolute atomic E-state index is 0.101. The van der Waals surface area contributed by atoms with Gasteiger partial charge in [0.1, 0.15) is 0 Å². The highest BCUT2D eigenvalue weighted by molar-refractivity contribution is 7.92. The van der Waals surface area contributed by atoms with Crippen LogP contribution in [-0.2, 0) is 9.84 Å². The number of nitrogens with zero attached hydrogens (tertiary/aromatic N) is 4. The fraction of sp³-hybridized carbons (Fsp3) is 0.750. The maximum atomic E-state index is 11.8. The molecule has 0 aromatic carbocycles. The van der Waals surface area contributed by atoms with Gasteiger partial charge in [-0.3, -0.25) is 0 Å². The van der Waals surface area contributed by atoms with E-state index < -0.39 is 9.84 Å². The molecule has 9 heteroatoms. The lowest BCUT2D eigenvalue weighted by atomic mass is 10.2. The molecular formula is C12H20ClN5O2S. The third-order valence-electron chi connectivity index (χ3n) is 3.59. The Morgan fingerprint density at radius 1 is 1.29 bits per heavy atom. The third kappa shape index (κ3) is 3.94. The summed E-state index contributed by atoms with van der Waals surface area (Å²) >= 11 is 5.91. The minimum Gasteiger partial charge on any atom is -0.353 e. The zero-order chi connectivity index (χ0) is 15.5. The number of sulfone groups is 1. The first-order chi connectivity index (χ1) is 9.96. The SMILES string of the molecule is CCN(CC)c1nc(Cl)nc(NCC2CCCS2(=O)=O)n1. The van der Waals surface area contributed by atoms with Crippen molar-refractivity contribution in [2.45, 2.75) is 31.9 Å². The molecule has 21 heavy (non-hydrogen) atoms. The molecule has 1 aromatic heterocycles. The van der Waals surface area contributed by atoms with Crippen molar-refractivity contribution in [2.75, 3.05) is 35.6 Å². The maximum absolute atomic E-state index is 11.8. The fourth-order valence-electron chi connectivity index (χ4n) is 2.36. The molecule has 1 atom stereocenters. The maximum Gasteiger partial charge on any atom is 0.231 e.